The van der Waals surface area contributed by atoms with Crippen LogP contribution in [0.4, 0.5) is 10.5 Å². The van der Waals surface area contributed by atoms with Gasteiger partial charge in [0, 0.05) is 16.7 Å². The van der Waals surface area contributed by atoms with E-state index < -0.39 is 11.0 Å². The van der Waals surface area contributed by atoms with Gasteiger partial charge in [-0.2, -0.15) is 5.10 Å². The SMILES string of the molecule is Cc1cc(C)c([N+](=O)[O-])c(C)c1C=NNC(N)=O. The predicted molar refractivity (Wildman–Crippen MR) is 67.6 cm³/mol. The van der Waals surface area contributed by atoms with Gasteiger partial charge in [0.2, 0.25) is 0 Å². The zero-order chi connectivity index (χ0) is 13.9. The van der Waals surface area contributed by atoms with Crippen LogP contribution in [0.1, 0.15) is 22.3 Å². The second-order valence-electron chi connectivity index (χ2n) is 3.89. The molecule has 0 saturated carbocycles. The summed E-state index contributed by atoms with van der Waals surface area (Å²) >= 11 is 0. The number of nitro benzene ring substituents is 1. The molecule has 0 unspecified atom stereocenters. The molecule has 7 nitrogen and oxygen atoms in total. The molecular weight excluding hydrogens is 236 g/mol. The fourth-order valence-corrected chi connectivity index (χ4v) is 1.83. The zero-order valence-corrected chi connectivity index (χ0v) is 10.4. The molecule has 96 valence electrons. The van der Waals surface area contributed by atoms with Crippen LogP contribution in [-0.2, 0) is 0 Å². The maximum absolute atomic E-state index is 11.0. The van der Waals surface area contributed by atoms with Gasteiger partial charge in [0.15, 0.2) is 0 Å². The number of nitrogens with one attached hydrogen (secondary N) is 1. The van der Waals surface area contributed by atoms with Gasteiger partial charge in [0.1, 0.15) is 0 Å². The predicted octanol–water partition coefficient (Wildman–Crippen LogP) is 1.52. The second-order valence-corrected chi connectivity index (χ2v) is 3.89. The quantitative estimate of drug-likeness (QED) is 0.482. The Balaban J connectivity index is 3.28. The van der Waals surface area contributed by atoms with Crippen molar-refractivity contribution < 1.29 is 9.72 Å². The highest BCUT2D eigenvalue weighted by atomic mass is 16.6. The van der Waals surface area contributed by atoms with E-state index in [1.165, 1.54) is 6.21 Å². The number of hydrogen-bond acceptors (Lipinski definition) is 4. The summed E-state index contributed by atoms with van der Waals surface area (Å²) in [5.74, 6) is 0. The molecule has 1 rings (SSSR count). The third-order valence-electron chi connectivity index (χ3n) is 2.54. The number of nitro groups is 1. The van der Waals surface area contributed by atoms with E-state index in [1.807, 2.05) is 6.92 Å². The van der Waals surface area contributed by atoms with E-state index in [2.05, 4.69) is 10.5 Å². The Bertz CT molecular complexity index is 538. The lowest BCUT2D eigenvalue weighted by molar-refractivity contribution is -0.386. The van der Waals surface area contributed by atoms with Crippen LogP contribution >= 0.6 is 0 Å². The van der Waals surface area contributed by atoms with Crippen molar-refractivity contribution in [2.45, 2.75) is 20.8 Å². The molecule has 2 amide bonds. The molecule has 0 aliphatic heterocycles. The summed E-state index contributed by atoms with van der Waals surface area (Å²) < 4.78 is 0. The minimum absolute atomic E-state index is 0.0566. The average Bonchev–Trinajstić information content (AvgIpc) is 2.21. The van der Waals surface area contributed by atoms with Crippen molar-refractivity contribution in [2.75, 3.05) is 0 Å². The van der Waals surface area contributed by atoms with Crippen LogP contribution < -0.4 is 11.2 Å². The van der Waals surface area contributed by atoms with Crippen LogP contribution in [0.3, 0.4) is 0 Å². The molecule has 7 heteroatoms. The summed E-state index contributed by atoms with van der Waals surface area (Å²) in [4.78, 5) is 21.0. The molecule has 18 heavy (non-hydrogen) atoms. The molecule has 0 radical (unpaired) electrons. The number of rotatable bonds is 3. The standard InChI is InChI=1S/C11H14N4O3/c1-6-4-7(2)10(15(17)18)8(3)9(6)5-13-14-11(12)16/h4-5H,1-3H3,(H3,12,14,16). The van der Waals surface area contributed by atoms with Crippen LogP contribution in [0.25, 0.3) is 0 Å². The Kier molecular flexibility index (Phi) is 3.98. The summed E-state index contributed by atoms with van der Waals surface area (Å²) in [5.41, 5.74) is 9.51. The maximum atomic E-state index is 11.0. The third kappa shape index (κ3) is 2.82. The number of nitrogens with zero attached hydrogens (tertiary/aromatic N) is 2. The highest BCUT2D eigenvalue weighted by molar-refractivity contribution is 5.87. The average molecular weight is 250 g/mol. The van der Waals surface area contributed by atoms with Gasteiger partial charge >= 0.3 is 6.03 Å². The molecule has 0 aromatic heterocycles. The molecule has 0 heterocycles. The van der Waals surface area contributed by atoms with Crippen molar-refractivity contribution in [1.82, 2.24) is 5.43 Å². The summed E-state index contributed by atoms with van der Waals surface area (Å²) in [6.07, 6.45) is 1.35. The Hall–Kier alpha value is -2.44. The number of urea groups is 1. The van der Waals surface area contributed by atoms with Gasteiger partial charge in [0.25, 0.3) is 5.69 Å². The molecule has 3 N–H and O–H groups in total. The maximum Gasteiger partial charge on any atom is 0.332 e. The molecule has 0 bridgehead atoms. The molecule has 0 spiro atoms. The van der Waals surface area contributed by atoms with E-state index >= 15 is 0 Å². The normalized spacial score (nSPS) is 10.6. The van der Waals surface area contributed by atoms with Gasteiger partial charge in [0.05, 0.1) is 11.1 Å². The number of carbonyl (C=O) groups is 1. The minimum atomic E-state index is -0.789. The Morgan fingerprint density at radius 1 is 1.44 bits per heavy atom. The molecule has 1 aromatic carbocycles. The summed E-state index contributed by atoms with van der Waals surface area (Å²) in [7, 11) is 0. The lowest BCUT2D eigenvalue weighted by Crippen LogP contribution is -2.24. The number of primary amides is 1. The van der Waals surface area contributed by atoms with Gasteiger partial charge in [-0.15, -0.1) is 0 Å². The molecule has 0 aliphatic rings. The lowest BCUT2D eigenvalue weighted by Gasteiger charge is -2.08. The van der Waals surface area contributed by atoms with Crippen molar-refractivity contribution in [3.05, 3.63) is 38.4 Å². The summed E-state index contributed by atoms with van der Waals surface area (Å²) in [5, 5.41) is 14.6. The van der Waals surface area contributed by atoms with Crippen LogP contribution in [0.5, 0.6) is 0 Å². The van der Waals surface area contributed by atoms with Crippen LogP contribution in [0.15, 0.2) is 11.2 Å². The third-order valence-corrected chi connectivity index (χ3v) is 2.54. The highest BCUT2D eigenvalue weighted by Gasteiger charge is 2.18. The van der Waals surface area contributed by atoms with Crippen LogP contribution in [0, 0.1) is 30.9 Å². The number of hydrogen-bond donors (Lipinski definition) is 2. The molecular formula is C11H14N4O3. The number of nitrogens with two attached hydrogens (primary N) is 1. The monoisotopic (exact) mass is 250 g/mol. The van der Waals surface area contributed by atoms with Crippen molar-refractivity contribution in [1.29, 1.82) is 0 Å². The highest BCUT2D eigenvalue weighted by Crippen LogP contribution is 2.27. The molecule has 0 saturated heterocycles. The van der Waals surface area contributed by atoms with E-state index in [4.69, 9.17) is 5.73 Å². The summed E-state index contributed by atoms with van der Waals surface area (Å²) in [6, 6.07) is 0.916. The number of aryl methyl sites for hydroxylation is 2. The van der Waals surface area contributed by atoms with Gasteiger partial charge in [-0.05, 0) is 32.4 Å². The fraction of sp³-hybridized carbons (Fsp3) is 0.273. The van der Waals surface area contributed by atoms with Crippen molar-refractivity contribution in [3.63, 3.8) is 0 Å². The smallest absolute Gasteiger partial charge is 0.332 e. The minimum Gasteiger partial charge on any atom is -0.350 e. The van der Waals surface area contributed by atoms with E-state index in [0.29, 0.717) is 16.7 Å². The first-order valence-electron chi connectivity index (χ1n) is 5.18. The molecule has 1 aromatic rings. The van der Waals surface area contributed by atoms with Gasteiger partial charge in [-0.3, -0.25) is 10.1 Å². The molecule has 0 atom stereocenters. The lowest BCUT2D eigenvalue weighted by atomic mass is 9.98. The zero-order valence-electron chi connectivity index (χ0n) is 10.4. The first-order chi connectivity index (χ1) is 8.34. The van der Waals surface area contributed by atoms with Crippen LogP contribution in [-0.4, -0.2) is 17.2 Å². The van der Waals surface area contributed by atoms with Crippen molar-refractivity contribution in [2.24, 2.45) is 10.8 Å². The topological polar surface area (TPSA) is 111 Å². The van der Waals surface area contributed by atoms with E-state index in [-0.39, 0.29) is 5.69 Å². The van der Waals surface area contributed by atoms with E-state index in [9.17, 15) is 14.9 Å². The Morgan fingerprint density at radius 2 is 2.06 bits per heavy atom. The fourth-order valence-electron chi connectivity index (χ4n) is 1.83. The van der Waals surface area contributed by atoms with Crippen molar-refractivity contribution >= 4 is 17.9 Å². The number of hydrazone groups is 1. The van der Waals surface area contributed by atoms with Crippen molar-refractivity contribution in [3.8, 4) is 0 Å². The van der Waals surface area contributed by atoms with E-state index in [0.717, 1.165) is 5.56 Å². The number of amides is 2. The number of benzene rings is 1. The number of carbonyl (C=O) groups excluding carboxylic acids is 1. The van der Waals surface area contributed by atoms with E-state index in [1.54, 1.807) is 19.9 Å². The molecule has 0 aliphatic carbocycles. The summed E-state index contributed by atoms with van der Waals surface area (Å²) in [6.45, 7) is 5.14. The Morgan fingerprint density at radius 3 is 2.56 bits per heavy atom. The Labute approximate surface area is 104 Å². The largest absolute Gasteiger partial charge is 0.350 e. The van der Waals surface area contributed by atoms with Gasteiger partial charge in [-0.1, -0.05) is 0 Å². The van der Waals surface area contributed by atoms with Crippen LogP contribution in [0.2, 0.25) is 0 Å². The van der Waals surface area contributed by atoms with Gasteiger partial charge < -0.3 is 5.73 Å². The molecule has 0 fully saturated rings. The second kappa shape index (κ2) is 5.26. The van der Waals surface area contributed by atoms with Gasteiger partial charge in [-0.25, -0.2) is 10.2 Å². The first kappa shape index (κ1) is 13.6. The first-order valence-corrected chi connectivity index (χ1v) is 5.18.